The molecular formula is C14H8ClF3O3. The van der Waals surface area contributed by atoms with Crippen molar-refractivity contribution in [2.45, 2.75) is 6.18 Å². The summed E-state index contributed by atoms with van der Waals surface area (Å²) in [7, 11) is 0. The van der Waals surface area contributed by atoms with Crippen LogP contribution in [-0.2, 0) is 6.18 Å². The van der Waals surface area contributed by atoms with Gasteiger partial charge >= 0.3 is 12.1 Å². The van der Waals surface area contributed by atoms with Crippen molar-refractivity contribution in [3.63, 3.8) is 0 Å². The normalized spacial score (nSPS) is 11.2. The van der Waals surface area contributed by atoms with Gasteiger partial charge in [-0.15, -0.1) is 0 Å². The van der Waals surface area contributed by atoms with Gasteiger partial charge in [0.15, 0.2) is 5.75 Å². The number of aromatic carboxylic acids is 1. The second-order valence-corrected chi connectivity index (χ2v) is 4.45. The Kier molecular flexibility index (Phi) is 4.09. The number of carbonyl (C=O) groups is 1. The minimum Gasteiger partial charge on any atom is -0.478 e. The van der Waals surface area contributed by atoms with Gasteiger partial charge in [-0.05, 0) is 36.4 Å². The highest BCUT2D eigenvalue weighted by Gasteiger charge is 2.30. The number of hydrogen-bond donors (Lipinski definition) is 1. The molecule has 2 rings (SSSR count). The molecule has 0 aliphatic rings. The van der Waals surface area contributed by atoms with E-state index in [1.807, 2.05) is 0 Å². The first-order valence-corrected chi connectivity index (χ1v) is 6.04. The highest BCUT2D eigenvalue weighted by molar-refractivity contribution is 6.32. The van der Waals surface area contributed by atoms with Gasteiger partial charge in [0, 0.05) is 0 Å². The van der Waals surface area contributed by atoms with Crippen molar-refractivity contribution in [1.82, 2.24) is 0 Å². The van der Waals surface area contributed by atoms with Gasteiger partial charge in [0.05, 0.1) is 10.6 Å². The summed E-state index contributed by atoms with van der Waals surface area (Å²) in [5.74, 6) is -1.32. The predicted molar refractivity (Wildman–Crippen MR) is 69.9 cm³/mol. The number of halogens is 4. The summed E-state index contributed by atoms with van der Waals surface area (Å²) < 4.78 is 42.6. The first kappa shape index (κ1) is 15.2. The zero-order valence-corrected chi connectivity index (χ0v) is 11.1. The van der Waals surface area contributed by atoms with Crippen molar-refractivity contribution in [2.24, 2.45) is 0 Å². The van der Waals surface area contributed by atoms with E-state index in [0.29, 0.717) is 0 Å². The Bertz CT molecular complexity index is 666. The van der Waals surface area contributed by atoms with E-state index >= 15 is 0 Å². The second kappa shape index (κ2) is 5.65. The van der Waals surface area contributed by atoms with Crippen LogP contribution in [0, 0.1) is 0 Å². The monoisotopic (exact) mass is 316 g/mol. The SMILES string of the molecule is O=C(O)c1cccc(Cl)c1Oc1ccc(C(F)(F)F)cc1. The van der Waals surface area contributed by atoms with Crippen molar-refractivity contribution < 1.29 is 27.8 Å². The molecule has 0 aliphatic heterocycles. The zero-order chi connectivity index (χ0) is 15.6. The van der Waals surface area contributed by atoms with E-state index in [9.17, 15) is 18.0 Å². The van der Waals surface area contributed by atoms with Gasteiger partial charge in [-0.25, -0.2) is 4.79 Å². The number of hydrogen-bond acceptors (Lipinski definition) is 2. The molecule has 0 heterocycles. The molecule has 0 saturated heterocycles. The number of alkyl halides is 3. The van der Waals surface area contributed by atoms with Crippen LogP contribution in [0.15, 0.2) is 42.5 Å². The van der Waals surface area contributed by atoms with Crippen molar-refractivity contribution in [3.05, 3.63) is 58.6 Å². The minimum absolute atomic E-state index is 0.0507. The standard InChI is InChI=1S/C14H8ClF3O3/c15-11-3-1-2-10(13(19)20)12(11)21-9-6-4-8(5-7-9)14(16,17)18/h1-7H,(H,19,20). The fourth-order valence-corrected chi connectivity index (χ4v) is 1.82. The molecule has 110 valence electrons. The number of rotatable bonds is 3. The van der Waals surface area contributed by atoms with Crippen LogP contribution < -0.4 is 4.74 Å². The fraction of sp³-hybridized carbons (Fsp3) is 0.0714. The maximum Gasteiger partial charge on any atom is 0.416 e. The van der Waals surface area contributed by atoms with Crippen LogP contribution >= 0.6 is 11.6 Å². The number of benzene rings is 2. The van der Waals surface area contributed by atoms with Gasteiger partial charge in [-0.3, -0.25) is 0 Å². The van der Waals surface area contributed by atoms with Crippen molar-refractivity contribution in [3.8, 4) is 11.5 Å². The highest BCUT2D eigenvalue weighted by atomic mass is 35.5. The van der Waals surface area contributed by atoms with Gasteiger partial charge in [0.25, 0.3) is 0 Å². The smallest absolute Gasteiger partial charge is 0.416 e. The van der Waals surface area contributed by atoms with E-state index < -0.39 is 17.7 Å². The van der Waals surface area contributed by atoms with E-state index in [0.717, 1.165) is 24.3 Å². The largest absolute Gasteiger partial charge is 0.478 e. The van der Waals surface area contributed by atoms with Crippen LogP contribution in [0.4, 0.5) is 13.2 Å². The molecule has 0 fully saturated rings. The second-order valence-electron chi connectivity index (χ2n) is 4.05. The molecule has 0 unspecified atom stereocenters. The molecule has 2 aromatic rings. The Labute approximate surface area is 122 Å². The first-order chi connectivity index (χ1) is 9.79. The molecule has 3 nitrogen and oxygen atoms in total. The summed E-state index contributed by atoms with van der Waals surface area (Å²) in [6.07, 6.45) is -4.45. The Morgan fingerprint density at radius 1 is 1.10 bits per heavy atom. The van der Waals surface area contributed by atoms with E-state index in [4.69, 9.17) is 21.4 Å². The lowest BCUT2D eigenvalue weighted by Crippen LogP contribution is -2.04. The topological polar surface area (TPSA) is 46.5 Å². The molecule has 0 aromatic heterocycles. The molecule has 0 spiro atoms. The lowest BCUT2D eigenvalue weighted by Gasteiger charge is -2.11. The molecule has 2 aromatic carbocycles. The molecule has 0 radical (unpaired) electrons. The van der Waals surface area contributed by atoms with Crippen LogP contribution in [0.1, 0.15) is 15.9 Å². The highest BCUT2D eigenvalue weighted by Crippen LogP contribution is 2.35. The van der Waals surface area contributed by atoms with Gasteiger partial charge in [0.2, 0.25) is 0 Å². The third-order valence-electron chi connectivity index (χ3n) is 2.60. The van der Waals surface area contributed by atoms with E-state index in [2.05, 4.69) is 0 Å². The van der Waals surface area contributed by atoms with Gasteiger partial charge in [-0.1, -0.05) is 17.7 Å². The molecule has 0 atom stereocenters. The van der Waals surface area contributed by atoms with Crippen molar-refractivity contribution >= 4 is 17.6 Å². The lowest BCUT2D eigenvalue weighted by molar-refractivity contribution is -0.137. The quantitative estimate of drug-likeness (QED) is 0.880. The van der Waals surface area contributed by atoms with Gasteiger partial charge < -0.3 is 9.84 Å². The summed E-state index contributed by atoms with van der Waals surface area (Å²) in [4.78, 5) is 11.1. The summed E-state index contributed by atoms with van der Waals surface area (Å²) >= 11 is 5.86. The predicted octanol–water partition coefficient (Wildman–Crippen LogP) is 4.85. The first-order valence-electron chi connectivity index (χ1n) is 5.66. The molecule has 0 amide bonds. The molecule has 1 N–H and O–H groups in total. The lowest BCUT2D eigenvalue weighted by atomic mass is 10.2. The van der Waals surface area contributed by atoms with Gasteiger partial charge in [-0.2, -0.15) is 13.2 Å². The zero-order valence-electron chi connectivity index (χ0n) is 10.3. The summed E-state index contributed by atoms with van der Waals surface area (Å²) in [5, 5.41) is 9.08. The number of ether oxygens (including phenoxy) is 1. The Morgan fingerprint density at radius 2 is 1.71 bits per heavy atom. The Hall–Kier alpha value is -2.21. The molecular weight excluding hydrogens is 309 g/mol. The molecule has 0 saturated carbocycles. The minimum atomic E-state index is -4.45. The van der Waals surface area contributed by atoms with E-state index in [1.165, 1.54) is 18.2 Å². The molecule has 21 heavy (non-hydrogen) atoms. The van der Waals surface area contributed by atoms with Crippen LogP contribution in [0.5, 0.6) is 11.5 Å². The summed E-state index contributed by atoms with van der Waals surface area (Å²) in [5.41, 5.74) is -1.00. The number of carboxylic acids is 1. The number of para-hydroxylation sites is 1. The van der Waals surface area contributed by atoms with Crippen LogP contribution in [-0.4, -0.2) is 11.1 Å². The fourth-order valence-electron chi connectivity index (χ4n) is 1.61. The average Bonchev–Trinajstić information content (AvgIpc) is 2.40. The van der Waals surface area contributed by atoms with Crippen molar-refractivity contribution in [1.29, 1.82) is 0 Å². The summed E-state index contributed by atoms with van der Waals surface area (Å²) in [6.45, 7) is 0. The Balaban J connectivity index is 2.33. The maximum absolute atomic E-state index is 12.4. The van der Waals surface area contributed by atoms with Crippen LogP contribution in [0.3, 0.4) is 0 Å². The van der Waals surface area contributed by atoms with E-state index in [-0.39, 0.29) is 22.1 Å². The van der Waals surface area contributed by atoms with Crippen LogP contribution in [0.2, 0.25) is 5.02 Å². The molecule has 0 aliphatic carbocycles. The molecule has 0 bridgehead atoms. The maximum atomic E-state index is 12.4. The van der Waals surface area contributed by atoms with Gasteiger partial charge in [0.1, 0.15) is 11.3 Å². The van der Waals surface area contributed by atoms with E-state index in [1.54, 1.807) is 0 Å². The average molecular weight is 317 g/mol. The van der Waals surface area contributed by atoms with Crippen LogP contribution in [0.25, 0.3) is 0 Å². The molecule has 7 heteroatoms. The third-order valence-corrected chi connectivity index (χ3v) is 2.90. The third kappa shape index (κ3) is 3.46. The van der Waals surface area contributed by atoms with Crippen molar-refractivity contribution in [2.75, 3.05) is 0 Å². The summed E-state index contributed by atoms with van der Waals surface area (Å²) in [6, 6.07) is 8.02. The Morgan fingerprint density at radius 3 is 2.24 bits per heavy atom. The number of carboxylic acid groups (broad SMARTS) is 1.